The van der Waals surface area contributed by atoms with Crippen LogP contribution in [0.1, 0.15) is 30.6 Å². The number of pyridine rings is 1. The highest BCUT2D eigenvalue weighted by molar-refractivity contribution is 5.94. The van der Waals surface area contributed by atoms with Gasteiger partial charge in [0.1, 0.15) is 0 Å². The molecular weight excluding hydrogens is 246 g/mol. The second-order valence-corrected chi connectivity index (χ2v) is 4.01. The highest BCUT2D eigenvalue weighted by Gasteiger charge is 2.10. The molecule has 0 aromatic carbocycles. The third kappa shape index (κ3) is 4.57. The van der Waals surface area contributed by atoms with Gasteiger partial charge in [0.05, 0.1) is 5.56 Å². The Morgan fingerprint density at radius 1 is 1.26 bits per heavy atom. The van der Waals surface area contributed by atoms with Gasteiger partial charge in [0.2, 0.25) is 11.5 Å². The average Bonchev–Trinajstić information content (AvgIpc) is 2.40. The van der Waals surface area contributed by atoms with Crippen molar-refractivity contribution in [3.8, 4) is 0 Å². The first-order valence-electron chi connectivity index (χ1n) is 6.33. The molecule has 0 unspecified atom stereocenters. The minimum Gasteiger partial charge on any atom is -0.351 e. The van der Waals surface area contributed by atoms with Crippen molar-refractivity contribution in [1.29, 1.82) is 0 Å². The summed E-state index contributed by atoms with van der Waals surface area (Å²) in [5.41, 5.74) is 0.114. The van der Waals surface area contributed by atoms with Gasteiger partial charge in [-0.25, -0.2) is 0 Å². The maximum Gasteiger partial charge on any atom is 0.252 e. The molecular formula is C13H19N3O3. The lowest BCUT2D eigenvalue weighted by atomic mass is 10.2. The zero-order valence-electron chi connectivity index (χ0n) is 11.2. The Bertz CT molecular complexity index is 472. The van der Waals surface area contributed by atoms with Crippen LogP contribution in [0.4, 0.5) is 0 Å². The highest BCUT2D eigenvalue weighted by Crippen LogP contribution is 1.95. The molecule has 104 valence electrons. The summed E-state index contributed by atoms with van der Waals surface area (Å²) in [5, 5.41) is 2.64. The van der Waals surface area contributed by atoms with Crippen LogP contribution in [-0.2, 0) is 4.79 Å². The molecule has 0 spiro atoms. The first-order chi connectivity index (χ1) is 9.08. The summed E-state index contributed by atoms with van der Waals surface area (Å²) in [4.78, 5) is 38.4. The van der Waals surface area contributed by atoms with Crippen molar-refractivity contribution in [3.63, 3.8) is 0 Å². The zero-order valence-corrected chi connectivity index (χ0v) is 11.2. The molecule has 2 amide bonds. The Balaban J connectivity index is 2.41. The maximum absolute atomic E-state index is 11.7. The Hall–Kier alpha value is -2.11. The van der Waals surface area contributed by atoms with Crippen molar-refractivity contribution >= 4 is 11.8 Å². The second-order valence-electron chi connectivity index (χ2n) is 4.01. The zero-order chi connectivity index (χ0) is 14.3. The maximum atomic E-state index is 11.7. The number of carbonyl (C=O) groups excluding carboxylic acids is 2. The van der Waals surface area contributed by atoms with Crippen LogP contribution in [0.3, 0.4) is 0 Å². The minimum absolute atomic E-state index is 0.0202. The summed E-state index contributed by atoms with van der Waals surface area (Å²) in [5.74, 6) is -0.282. The number of nitrogens with zero attached hydrogens (tertiary/aromatic N) is 1. The number of hydrogen-bond donors (Lipinski definition) is 2. The number of hydrogen-bond acceptors (Lipinski definition) is 3. The van der Waals surface area contributed by atoms with Gasteiger partial charge in [0, 0.05) is 38.3 Å². The van der Waals surface area contributed by atoms with Crippen molar-refractivity contribution in [2.24, 2.45) is 0 Å². The molecule has 0 bridgehead atoms. The molecule has 19 heavy (non-hydrogen) atoms. The molecule has 0 radical (unpaired) electrons. The summed E-state index contributed by atoms with van der Waals surface area (Å²) in [7, 11) is 0. The molecule has 0 atom stereocenters. The van der Waals surface area contributed by atoms with E-state index in [2.05, 4.69) is 10.3 Å². The van der Waals surface area contributed by atoms with E-state index in [0.29, 0.717) is 18.7 Å². The fourth-order valence-corrected chi connectivity index (χ4v) is 1.67. The van der Waals surface area contributed by atoms with E-state index in [-0.39, 0.29) is 30.3 Å². The van der Waals surface area contributed by atoms with Gasteiger partial charge in [-0.2, -0.15) is 0 Å². The number of amides is 2. The van der Waals surface area contributed by atoms with E-state index in [1.807, 2.05) is 13.8 Å². The molecule has 1 aromatic heterocycles. The predicted octanol–water partition coefficient (Wildman–Crippen LogP) is 0.363. The molecule has 0 saturated carbocycles. The Morgan fingerprint density at radius 3 is 2.47 bits per heavy atom. The van der Waals surface area contributed by atoms with Crippen LogP contribution in [0, 0.1) is 0 Å². The molecule has 0 fully saturated rings. The fraction of sp³-hybridized carbons (Fsp3) is 0.462. The van der Waals surface area contributed by atoms with E-state index >= 15 is 0 Å². The van der Waals surface area contributed by atoms with Crippen LogP contribution < -0.4 is 10.9 Å². The quantitative estimate of drug-likeness (QED) is 0.779. The van der Waals surface area contributed by atoms with Crippen molar-refractivity contribution < 1.29 is 9.59 Å². The van der Waals surface area contributed by atoms with Gasteiger partial charge in [-0.1, -0.05) is 0 Å². The molecule has 1 rings (SSSR count). The molecule has 0 aliphatic carbocycles. The van der Waals surface area contributed by atoms with Crippen LogP contribution in [0.5, 0.6) is 0 Å². The third-order valence-corrected chi connectivity index (χ3v) is 2.79. The normalized spacial score (nSPS) is 10.0. The molecule has 0 aliphatic heterocycles. The van der Waals surface area contributed by atoms with Crippen LogP contribution in [0.15, 0.2) is 23.1 Å². The summed E-state index contributed by atoms with van der Waals surface area (Å²) >= 11 is 0. The molecule has 6 heteroatoms. The second kappa shape index (κ2) is 7.35. The van der Waals surface area contributed by atoms with Gasteiger partial charge >= 0.3 is 0 Å². The van der Waals surface area contributed by atoms with Crippen molar-refractivity contribution in [2.45, 2.75) is 20.3 Å². The molecule has 0 aliphatic rings. The first kappa shape index (κ1) is 14.9. The SMILES string of the molecule is CCN(CC)C(=O)CCNC(=O)c1ccc(=O)[nH]c1. The smallest absolute Gasteiger partial charge is 0.252 e. The Kier molecular flexibility index (Phi) is 5.78. The molecule has 0 saturated heterocycles. The fourth-order valence-electron chi connectivity index (χ4n) is 1.67. The Labute approximate surface area is 111 Å². The van der Waals surface area contributed by atoms with E-state index in [9.17, 15) is 14.4 Å². The van der Waals surface area contributed by atoms with Gasteiger partial charge in [0.25, 0.3) is 5.91 Å². The van der Waals surface area contributed by atoms with E-state index < -0.39 is 0 Å². The van der Waals surface area contributed by atoms with Crippen LogP contribution in [0.2, 0.25) is 0 Å². The van der Waals surface area contributed by atoms with Gasteiger partial charge < -0.3 is 15.2 Å². The number of H-pyrrole nitrogens is 1. The monoisotopic (exact) mass is 265 g/mol. The standard InChI is InChI=1S/C13H19N3O3/c1-3-16(4-2)12(18)7-8-14-13(19)10-5-6-11(17)15-9-10/h5-6,9H,3-4,7-8H2,1-2H3,(H,14,19)(H,15,17). The number of rotatable bonds is 6. The first-order valence-corrected chi connectivity index (χ1v) is 6.33. The van der Waals surface area contributed by atoms with Gasteiger partial charge in [-0.15, -0.1) is 0 Å². The molecule has 1 aromatic rings. The average molecular weight is 265 g/mol. The van der Waals surface area contributed by atoms with Crippen molar-refractivity contribution in [3.05, 3.63) is 34.2 Å². The lowest BCUT2D eigenvalue weighted by Crippen LogP contribution is -2.34. The molecule has 1 heterocycles. The van der Waals surface area contributed by atoms with Crippen molar-refractivity contribution in [1.82, 2.24) is 15.2 Å². The number of aromatic amines is 1. The minimum atomic E-state index is -0.302. The van der Waals surface area contributed by atoms with Gasteiger partial charge in [0.15, 0.2) is 0 Å². The summed E-state index contributed by atoms with van der Waals surface area (Å²) in [6.07, 6.45) is 1.63. The topological polar surface area (TPSA) is 82.3 Å². The molecule has 2 N–H and O–H groups in total. The Morgan fingerprint density at radius 2 is 1.95 bits per heavy atom. The van der Waals surface area contributed by atoms with E-state index in [1.54, 1.807) is 4.90 Å². The van der Waals surface area contributed by atoms with E-state index in [4.69, 9.17) is 0 Å². The lowest BCUT2D eigenvalue weighted by molar-refractivity contribution is -0.130. The van der Waals surface area contributed by atoms with E-state index in [0.717, 1.165) is 0 Å². The summed E-state index contributed by atoms with van der Waals surface area (Å²) < 4.78 is 0. The van der Waals surface area contributed by atoms with E-state index in [1.165, 1.54) is 18.3 Å². The number of aromatic nitrogens is 1. The predicted molar refractivity (Wildman–Crippen MR) is 71.9 cm³/mol. The van der Waals surface area contributed by atoms with Crippen molar-refractivity contribution in [2.75, 3.05) is 19.6 Å². The van der Waals surface area contributed by atoms with Crippen LogP contribution in [0.25, 0.3) is 0 Å². The van der Waals surface area contributed by atoms with Gasteiger partial charge in [-0.3, -0.25) is 14.4 Å². The summed E-state index contributed by atoms with van der Waals surface area (Å²) in [6.45, 7) is 5.46. The number of carbonyl (C=O) groups is 2. The lowest BCUT2D eigenvalue weighted by Gasteiger charge is -2.18. The largest absolute Gasteiger partial charge is 0.351 e. The number of nitrogens with one attached hydrogen (secondary N) is 2. The highest BCUT2D eigenvalue weighted by atomic mass is 16.2. The summed E-state index contributed by atoms with van der Waals surface area (Å²) in [6, 6.07) is 2.73. The van der Waals surface area contributed by atoms with Crippen LogP contribution >= 0.6 is 0 Å². The van der Waals surface area contributed by atoms with Crippen LogP contribution in [-0.4, -0.2) is 41.3 Å². The molecule has 6 nitrogen and oxygen atoms in total. The van der Waals surface area contributed by atoms with Gasteiger partial charge in [-0.05, 0) is 19.9 Å². The third-order valence-electron chi connectivity index (χ3n) is 2.79.